The van der Waals surface area contributed by atoms with Gasteiger partial charge in [-0.1, -0.05) is 46.9 Å². The maximum absolute atomic E-state index is 11.8. The fraction of sp³-hybridized carbons (Fsp3) is 0.125. The van der Waals surface area contributed by atoms with Crippen LogP contribution in [0.3, 0.4) is 0 Å². The van der Waals surface area contributed by atoms with Crippen molar-refractivity contribution >= 4 is 51.7 Å². The number of halogens is 3. The number of nitrogens with two attached hydrogens (primary N) is 1. The summed E-state index contributed by atoms with van der Waals surface area (Å²) in [6, 6.07) is 10.8. The Morgan fingerprint density at radius 3 is 2.62 bits per heavy atom. The highest BCUT2D eigenvalue weighted by Crippen LogP contribution is 2.29. The summed E-state index contributed by atoms with van der Waals surface area (Å²) in [6.07, 6.45) is 0.502. The Bertz CT molecular complexity index is 923. The molecule has 1 aromatic heterocycles. The normalized spacial score (nSPS) is 11.0. The average molecular weight is 384 g/mol. The molecule has 1 heterocycles. The lowest BCUT2D eigenvalue weighted by molar-refractivity contribution is -0.121. The van der Waals surface area contributed by atoms with Gasteiger partial charge in [-0.3, -0.25) is 10.2 Å². The molecule has 0 aliphatic heterocycles. The SMILES string of the molecule is NNC(=O)Cn1c(Cc2cccc(Cl)c2)nc2cc(Cl)c(Cl)cc21. The first-order valence-corrected chi connectivity index (χ1v) is 8.19. The number of nitrogens with one attached hydrogen (secondary N) is 1. The molecule has 3 rings (SSSR count). The maximum Gasteiger partial charge on any atom is 0.253 e. The first-order chi connectivity index (χ1) is 11.5. The number of rotatable bonds is 4. The summed E-state index contributed by atoms with van der Waals surface area (Å²) in [5.41, 5.74) is 4.47. The van der Waals surface area contributed by atoms with Gasteiger partial charge in [0.05, 0.1) is 21.1 Å². The standard InChI is InChI=1S/C16H13Cl3N4O/c17-10-3-1-2-9(4-10)5-15-21-13-6-11(18)12(19)7-14(13)23(15)8-16(24)22-20/h1-4,6-7H,5,8,20H2,(H,22,24). The molecule has 0 bridgehead atoms. The third-order valence-corrected chi connectivity index (χ3v) is 4.54. The zero-order valence-corrected chi connectivity index (χ0v) is 14.7. The van der Waals surface area contributed by atoms with Gasteiger partial charge in [0.1, 0.15) is 12.4 Å². The molecule has 5 nitrogen and oxygen atoms in total. The van der Waals surface area contributed by atoms with Gasteiger partial charge in [0, 0.05) is 11.4 Å². The van der Waals surface area contributed by atoms with Crippen molar-refractivity contribution in [3.8, 4) is 0 Å². The van der Waals surface area contributed by atoms with Crippen molar-refractivity contribution in [2.24, 2.45) is 5.84 Å². The molecule has 0 saturated heterocycles. The lowest BCUT2D eigenvalue weighted by Gasteiger charge is -2.09. The second-order valence-electron chi connectivity index (χ2n) is 5.24. The molecule has 124 valence electrons. The van der Waals surface area contributed by atoms with Crippen LogP contribution in [0.2, 0.25) is 15.1 Å². The number of hydrogen-bond donors (Lipinski definition) is 2. The second-order valence-corrected chi connectivity index (χ2v) is 6.49. The molecule has 0 fully saturated rings. The van der Waals surface area contributed by atoms with Gasteiger partial charge in [-0.05, 0) is 29.8 Å². The zero-order valence-electron chi connectivity index (χ0n) is 12.4. The van der Waals surface area contributed by atoms with E-state index >= 15 is 0 Å². The van der Waals surface area contributed by atoms with E-state index in [4.69, 9.17) is 40.6 Å². The number of aromatic nitrogens is 2. The van der Waals surface area contributed by atoms with Crippen LogP contribution < -0.4 is 11.3 Å². The monoisotopic (exact) mass is 382 g/mol. The molecule has 1 amide bonds. The Morgan fingerprint density at radius 2 is 1.92 bits per heavy atom. The Balaban J connectivity index is 2.10. The molecule has 0 radical (unpaired) electrons. The molecule has 0 atom stereocenters. The lowest BCUT2D eigenvalue weighted by Crippen LogP contribution is -2.33. The smallest absolute Gasteiger partial charge is 0.253 e. The minimum Gasteiger partial charge on any atom is -0.318 e. The van der Waals surface area contributed by atoms with E-state index in [1.165, 1.54) is 0 Å². The average Bonchev–Trinajstić information content (AvgIpc) is 2.84. The summed E-state index contributed by atoms with van der Waals surface area (Å²) in [6.45, 7) is 0.0286. The molecule has 3 N–H and O–H groups in total. The van der Waals surface area contributed by atoms with Crippen molar-refractivity contribution in [3.05, 3.63) is 62.9 Å². The van der Waals surface area contributed by atoms with Crippen LogP contribution in [0.25, 0.3) is 11.0 Å². The Morgan fingerprint density at radius 1 is 1.17 bits per heavy atom. The molecule has 3 aromatic rings. The van der Waals surface area contributed by atoms with Crippen molar-refractivity contribution < 1.29 is 4.79 Å². The number of carbonyl (C=O) groups is 1. The van der Waals surface area contributed by atoms with E-state index in [0.717, 1.165) is 5.56 Å². The fourth-order valence-corrected chi connectivity index (χ4v) is 3.03. The number of carbonyl (C=O) groups excluding carboxylic acids is 1. The number of nitrogens with zero attached hydrogens (tertiary/aromatic N) is 2. The van der Waals surface area contributed by atoms with E-state index in [2.05, 4.69) is 10.4 Å². The van der Waals surface area contributed by atoms with E-state index in [0.29, 0.717) is 38.3 Å². The van der Waals surface area contributed by atoms with Crippen molar-refractivity contribution in [2.45, 2.75) is 13.0 Å². The molecule has 0 unspecified atom stereocenters. The van der Waals surface area contributed by atoms with E-state index in [1.807, 2.05) is 18.2 Å². The van der Waals surface area contributed by atoms with E-state index < -0.39 is 0 Å². The van der Waals surface area contributed by atoms with Gasteiger partial charge in [0.2, 0.25) is 0 Å². The molecule has 24 heavy (non-hydrogen) atoms. The highest BCUT2D eigenvalue weighted by Gasteiger charge is 2.16. The highest BCUT2D eigenvalue weighted by molar-refractivity contribution is 6.42. The van der Waals surface area contributed by atoms with Crippen molar-refractivity contribution in [1.82, 2.24) is 15.0 Å². The minimum absolute atomic E-state index is 0.0286. The van der Waals surface area contributed by atoms with Crippen LogP contribution in [0.4, 0.5) is 0 Å². The molecular weight excluding hydrogens is 371 g/mol. The van der Waals surface area contributed by atoms with Crippen molar-refractivity contribution in [2.75, 3.05) is 0 Å². The Kier molecular flexibility index (Phi) is 4.96. The third kappa shape index (κ3) is 3.49. The zero-order chi connectivity index (χ0) is 17.3. The van der Waals surface area contributed by atoms with Crippen LogP contribution >= 0.6 is 34.8 Å². The van der Waals surface area contributed by atoms with Gasteiger partial charge in [-0.25, -0.2) is 10.8 Å². The van der Waals surface area contributed by atoms with E-state index in [-0.39, 0.29) is 12.5 Å². The number of imidazole rings is 1. The highest BCUT2D eigenvalue weighted by atomic mass is 35.5. The quantitative estimate of drug-likeness (QED) is 0.411. The fourth-order valence-electron chi connectivity index (χ4n) is 2.50. The Labute approximate surface area is 153 Å². The minimum atomic E-state index is -0.340. The van der Waals surface area contributed by atoms with Gasteiger partial charge in [0.25, 0.3) is 5.91 Å². The first kappa shape index (κ1) is 17.0. The second kappa shape index (κ2) is 6.99. The number of amides is 1. The molecule has 2 aromatic carbocycles. The van der Waals surface area contributed by atoms with Gasteiger partial charge in [0.15, 0.2) is 0 Å². The van der Waals surface area contributed by atoms with Gasteiger partial charge in [-0.15, -0.1) is 0 Å². The van der Waals surface area contributed by atoms with Gasteiger partial charge in [-0.2, -0.15) is 0 Å². The van der Waals surface area contributed by atoms with E-state index in [9.17, 15) is 4.79 Å². The molecule has 0 aliphatic rings. The summed E-state index contributed by atoms with van der Waals surface area (Å²) in [5, 5.41) is 1.44. The summed E-state index contributed by atoms with van der Waals surface area (Å²) >= 11 is 18.2. The number of hydrazine groups is 1. The summed E-state index contributed by atoms with van der Waals surface area (Å²) in [4.78, 5) is 16.4. The van der Waals surface area contributed by atoms with Crippen molar-refractivity contribution in [3.63, 3.8) is 0 Å². The van der Waals surface area contributed by atoms with E-state index in [1.54, 1.807) is 22.8 Å². The van der Waals surface area contributed by atoms with Gasteiger partial charge < -0.3 is 4.57 Å². The summed E-state index contributed by atoms with van der Waals surface area (Å²) in [7, 11) is 0. The number of benzene rings is 2. The molecular formula is C16H13Cl3N4O. The topological polar surface area (TPSA) is 72.9 Å². The molecule has 0 spiro atoms. The summed E-state index contributed by atoms with van der Waals surface area (Å²) in [5.74, 6) is 5.56. The molecule has 8 heteroatoms. The number of fused-ring (bicyclic) bond motifs is 1. The van der Waals surface area contributed by atoms with Crippen LogP contribution in [-0.4, -0.2) is 15.5 Å². The molecule has 0 aliphatic carbocycles. The van der Waals surface area contributed by atoms with Gasteiger partial charge >= 0.3 is 0 Å². The van der Waals surface area contributed by atoms with Crippen LogP contribution in [0.5, 0.6) is 0 Å². The number of hydrogen-bond acceptors (Lipinski definition) is 3. The predicted octanol–water partition coefficient (Wildman–Crippen LogP) is 3.58. The van der Waals surface area contributed by atoms with Crippen LogP contribution in [0.1, 0.15) is 11.4 Å². The predicted molar refractivity (Wildman–Crippen MR) is 96.3 cm³/mol. The van der Waals surface area contributed by atoms with Crippen LogP contribution in [-0.2, 0) is 17.8 Å². The maximum atomic E-state index is 11.8. The Hall–Kier alpha value is -1.79. The first-order valence-electron chi connectivity index (χ1n) is 7.06. The van der Waals surface area contributed by atoms with Crippen LogP contribution in [0.15, 0.2) is 36.4 Å². The molecule has 0 saturated carbocycles. The lowest BCUT2D eigenvalue weighted by atomic mass is 10.1. The van der Waals surface area contributed by atoms with Crippen molar-refractivity contribution in [1.29, 1.82) is 0 Å². The largest absolute Gasteiger partial charge is 0.318 e. The summed E-state index contributed by atoms with van der Waals surface area (Å²) < 4.78 is 1.76. The van der Waals surface area contributed by atoms with Crippen LogP contribution in [0, 0.1) is 0 Å². The third-order valence-electron chi connectivity index (χ3n) is 3.58.